The first-order valence-electron chi connectivity index (χ1n) is 8.66. The van der Waals surface area contributed by atoms with Gasteiger partial charge < -0.3 is 15.3 Å². The third-order valence-electron chi connectivity index (χ3n) is 4.60. The Morgan fingerprint density at radius 2 is 2.11 bits per heavy atom. The summed E-state index contributed by atoms with van der Waals surface area (Å²) in [5.41, 5.74) is -0.00701. The molecule has 0 aliphatic carbocycles. The molecule has 8 heteroatoms. The average molecular weight is 379 g/mol. The molecule has 2 N–H and O–H groups in total. The molecule has 1 amide bonds. The Morgan fingerprint density at radius 3 is 2.85 bits per heavy atom. The van der Waals surface area contributed by atoms with Gasteiger partial charge in [0.15, 0.2) is 0 Å². The van der Waals surface area contributed by atoms with Gasteiger partial charge in [-0.05, 0) is 42.7 Å². The van der Waals surface area contributed by atoms with E-state index in [-0.39, 0.29) is 19.2 Å². The number of hydrogen-bond donors (Lipinski definition) is 2. The van der Waals surface area contributed by atoms with Crippen LogP contribution in [0.1, 0.15) is 34.3 Å². The maximum Gasteiger partial charge on any atom is 0.416 e. The minimum Gasteiger partial charge on any atom is -0.394 e. The SMILES string of the molecule is O=C(NCc1cccc(C(F)(F)F)c1)c1ccnc(N2CCCC2CO)c1. The Labute approximate surface area is 154 Å². The monoisotopic (exact) mass is 379 g/mol. The van der Waals surface area contributed by atoms with Crippen molar-refractivity contribution >= 4 is 11.7 Å². The van der Waals surface area contributed by atoms with Crippen molar-refractivity contribution in [3.8, 4) is 0 Å². The van der Waals surface area contributed by atoms with E-state index in [1.807, 2.05) is 4.90 Å². The van der Waals surface area contributed by atoms with Crippen LogP contribution in [0.2, 0.25) is 0 Å². The van der Waals surface area contributed by atoms with Gasteiger partial charge in [-0.15, -0.1) is 0 Å². The lowest BCUT2D eigenvalue weighted by Crippen LogP contribution is -2.33. The summed E-state index contributed by atoms with van der Waals surface area (Å²) in [4.78, 5) is 18.6. The van der Waals surface area contributed by atoms with Crippen LogP contribution in [0.4, 0.5) is 19.0 Å². The molecular weight excluding hydrogens is 359 g/mol. The van der Waals surface area contributed by atoms with Crippen molar-refractivity contribution in [3.05, 3.63) is 59.3 Å². The highest BCUT2D eigenvalue weighted by Gasteiger charge is 2.30. The van der Waals surface area contributed by atoms with E-state index >= 15 is 0 Å². The molecule has 5 nitrogen and oxygen atoms in total. The van der Waals surface area contributed by atoms with Gasteiger partial charge in [0.05, 0.1) is 18.2 Å². The molecule has 0 spiro atoms. The number of nitrogens with one attached hydrogen (secondary N) is 1. The molecule has 3 rings (SSSR count). The fourth-order valence-electron chi connectivity index (χ4n) is 3.19. The molecule has 1 aromatic carbocycles. The Balaban J connectivity index is 1.68. The molecule has 1 fully saturated rings. The van der Waals surface area contributed by atoms with E-state index in [9.17, 15) is 23.1 Å². The Morgan fingerprint density at radius 1 is 1.30 bits per heavy atom. The molecule has 0 saturated carbocycles. The number of alkyl halides is 3. The lowest BCUT2D eigenvalue weighted by Gasteiger charge is -2.24. The van der Waals surface area contributed by atoms with Crippen LogP contribution in [0.15, 0.2) is 42.6 Å². The van der Waals surface area contributed by atoms with Gasteiger partial charge in [-0.25, -0.2) is 4.98 Å². The standard InChI is InChI=1S/C19H20F3N3O2/c20-19(21,22)15-4-1-3-13(9-15)11-24-18(27)14-6-7-23-17(10-14)25-8-2-5-16(25)12-26/h1,3-4,6-7,9-10,16,26H,2,5,8,11-12H2,(H,24,27). The van der Waals surface area contributed by atoms with Gasteiger partial charge in [0.25, 0.3) is 5.91 Å². The number of benzene rings is 1. The summed E-state index contributed by atoms with van der Waals surface area (Å²) in [5.74, 6) is 0.217. The average Bonchev–Trinajstić information content (AvgIpc) is 3.14. The van der Waals surface area contributed by atoms with Gasteiger partial charge in [-0.2, -0.15) is 13.2 Å². The summed E-state index contributed by atoms with van der Waals surface area (Å²) in [6.45, 7) is 0.768. The zero-order chi connectivity index (χ0) is 19.4. The number of anilines is 1. The van der Waals surface area contributed by atoms with Crippen molar-refractivity contribution in [1.82, 2.24) is 10.3 Å². The molecule has 27 heavy (non-hydrogen) atoms. The predicted molar refractivity (Wildman–Crippen MR) is 94.3 cm³/mol. The lowest BCUT2D eigenvalue weighted by molar-refractivity contribution is -0.137. The van der Waals surface area contributed by atoms with Crippen LogP contribution in [0.3, 0.4) is 0 Å². The number of halogens is 3. The van der Waals surface area contributed by atoms with Gasteiger partial charge in [0.2, 0.25) is 0 Å². The van der Waals surface area contributed by atoms with E-state index in [1.54, 1.807) is 12.1 Å². The second-order valence-corrected chi connectivity index (χ2v) is 6.46. The van der Waals surface area contributed by atoms with E-state index in [0.29, 0.717) is 16.9 Å². The molecular formula is C19H20F3N3O2. The summed E-state index contributed by atoms with van der Waals surface area (Å²) >= 11 is 0. The summed E-state index contributed by atoms with van der Waals surface area (Å²) in [6.07, 6.45) is -1.09. The number of carbonyl (C=O) groups is 1. The predicted octanol–water partition coefficient (Wildman–Crippen LogP) is 2.99. The number of pyridine rings is 1. The van der Waals surface area contributed by atoms with Crippen molar-refractivity contribution in [2.24, 2.45) is 0 Å². The highest BCUT2D eigenvalue weighted by atomic mass is 19.4. The molecule has 1 aliphatic heterocycles. The minimum atomic E-state index is -4.42. The van der Waals surface area contributed by atoms with E-state index in [1.165, 1.54) is 18.3 Å². The minimum absolute atomic E-state index is 0.0105. The Kier molecular flexibility index (Phi) is 5.65. The van der Waals surface area contributed by atoms with Gasteiger partial charge in [-0.1, -0.05) is 12.1 Å². The van der Waals surface area contributed by atoms with Crippen molar-refractivity contribution in [2.45, 2.75) is 31.6 Å². The van der Waals surface area contributed by atoms with Crippen LogP contribution < -0.4 is 10.2 Å². The van der Waals surface area contributed by atoms with Crippen molar-refractivity contribution in [1.29, 1.82) is 0 Å². The summed E-state index contributed by atoms with van der Waals surface area (Å²) < 4.78 is 38.3. The van der Waals surface area contributed by atoms with Gasteiger partial charge in [0, 0.05) is 24.8 Å². The van der Waals surface area contributed by atoms with Crippen LogP contribution in [0.5, 0.6) is 0 Å². The first-order valence-corrected chi connectivity index (χ1v) is 8.66. The zero-order valence-electron chi connectivity index (χ0n) is 14.5. The largest absolute Gasteiger partial charge is 0.416 e. The van der Waals surface area contributed by atoms with E-state index in [4.69, 9.17) is 0 Å². The number of rotatable bonds is 5. The zero-order valence-corrected chi connectivity index (χ0v) is 14.5. The van der Waals surface area contributed by atoms with E-state index in [0.717, 1.165) is 31.5 Å². The Bertz CT molecular complexity index is 811. The van der Waals surface area contributed by atoms with Crippen molar-refractivity contribution in [3.63, 3.8) is 0 Å². The quantitative estimate of drug-likeness (QED) is 0.838. The third-order valence-corrected chi connectivity index (χ3v) is 4.60. The van der Waals surface area contributed by atoms with Crippen molar-refractivity contribution in [2.75, 3.05) is 18.1 Å². The first-order chi connectivity index (χ1) is 12.9. The van der Waals surface area contributed by atoms with E-state index in [2.05, 4.69) is 10.3 Å². The van der Waals surface area contributed by atoms with E-state index < -0.39 is 17.6 Å². The van der Waals surface area contributed by atoms with Crippen LogP contribution in [-0.2, 0) is 12.7 Å². The third kappa shape index (κ3) is 4.57. The maximum atomic E-state index is 12.8. The molecule has 144 valence electrons. The van der Waals surface area contributed by atoms with Crippen molar-refractivity contribution < 1.29 is 23.1 Å². The number of nitrogens with zero attached hydrogens (tertiary/aromatic N) is 2. The number of hydrogen-bond acceptors (Lipinski definition) is 4. The molecule has 1 aromatic heterocycles. The number of carbonyl (C=O) groups excluding carboxylic acids is 1. The summed E-state index contributed by atoms with van der Waals surface area (Å²) in [7, 11) is 0. The topological polar surface area (TPSA) is 65.5 Å². The molecule has 0 bridgehead atoms. The van der Waals surface area contributed by atoms with Crippen LogP contribution in [0.25, 0.3) is 0 Å². The summed E-state index contributed by atoms with van der Waals surface area (Å²) in [6, 6.07) is 8.04. The molecule has 2 aromatic rings. The van der Waals surface area contributed by atoms with Crippen LogP contribution in [-0.4, -0.2) is 35.2 Å². The number of aliphatic hydroxyl groups excluding tert-OH is 1. The normalized spacial score (nSPS) is 17.2. The van der Waals surface area contributed by atoms with Crippen LogP contribution >= 0.6 is 0 Å². The van der Waals surface area contributed by atoms with Gasteiger partial charge in [0.1, 0.15) is 5.82 Å². The molecule has 1 unspecified atom stereocenters. The smallest absolute Gasteiger partial charge is 0.394 e. The Hall–Kier alpha value is -2.61. The maximum absolute atomic E-state index is 12.8. The summed E-state index contributed by atoms with van der Waals surface area (Å²) in [5, 5.41) is 12.1. The molecule has 2 heterocycles. The highest BCUT2D eigenvalue weighted by Crippen LogP contribution is 2.29. The van der Waals surface area contributed by atoms with Gasteiger partial charge >= 0.3 is 6.18 Å². The fraction of sp³-hybridized carbons (Fsp3) is 0.368. The van der Waals surface area contributed by atoms with Gasteiger partial charge in [-0.3, -0.25) is 4.79 Å². The first kappa shape index (κ1) is 19.2. The molecule has 1 saturated heterocycles. The lowest BCUT2D eigenvalue weighted by atomic mass is 10.1. The second-order valence-electron chi connectivity index (χ2n) is 6.46. The second kappa shape index (κ2) is 7.96. The van der Waals surface area contributed by atoms with Crippen LogP contribution in [0, 0.1) is 0 Å². The highest BCUT2D eigenvalue weighted by molar-refractivity contribution is 5.94. The number of aliphatic hydroxyl groups is 1. The molecule has 1 aliphatic rings. The fourth-order valence-corrected chi connectivity index (χ4v) is 3.19. The number of aromatic nitrogens is 1. The molecule has 1 atom stereocenters. The number of amides is 1. The molecule has 0 radical (unpaired) electrons.